The number of phenols is 1. The molecule has 0 aromatic heterocycles. The van der Waals surface area contributed by atoms with Crippen LogP contribution < -0.4 is 0 Å². The Hall–Kier alpha value is -2.18. The highest BCUT2D eigenvalue weighted by Gasteiger charge is 2.38. The van der Waals surface area contributed by atoms with Gasteiger partial charge in [-0.25, -0.2) is 0 Å². The molecule has 1 heterocycles. The van der Waals surface area contributed by atoms with Crippen LogP contribution in [0.2, 0.25) is 0 Å². The molecule has 1 aliphatic heterocycles. The monoisotopic (exact) mass is 558 g/mol. The van der Waals surface area contributed by atoms with E-state index in [0.29, 0.717) is 24.6 Å². The zero-order valence-electron chi connectivity index (χ0n) is 22.9. The topological polar surface area (TPSA) is 73.6 Å². The summed E-state index contributed by atoms with van der Waals surface area (Å²) in [6, 6.07) is 14.0. The number of halogens is 1. The summed E-state index contributed by atoms with van der Waals surface area (Å²) < 4.78 is 5.34. The van der Waals surface area contributed by atoms with Gasteiger partial charge in [0.05, 0.1) is 6.54 Å². The lowest BCUT2D eigenvalue weighted by atomic mass is 9.78. The molecule has 0 bridgehead atoms. The number of amidine groups is 1. The van der Waals surface area contributed by atoms with Gasteiger partial charge in [0, 0.05) is 42.9 Å². The second kappa shape index (κ2) is 11.9. The van der Waals surface area contributed by atoms with Crippen molar-refractivity contribution in [2.24, 2.45) is 11.8 Å². The SMILES string of the molecule is Br.COCC[C@H]1CN(CC(=O)c2cc(C(C)(C)C)c(O)c(C(C)(C)C)c2)C(=N)[C@@H]1Cc1ccccc1. The summed E-state index contributed by atoms with van der Waals surface area (Å²) in [6.45, 7) is 13.8. The highest BCUT2D eigenvalue weighted by Crippen LogP contribution is 2.40. The third-order valence-corrected chi connectivity index (χ3v) is 7.09. The van der Waals surface area contributed by atoms with Crippen LogP contribution in [0.1, 0.15) is 75.0 Å². The molecule has 0 unspecified atom stereocenters. The van der Waals surface area contributed by atoms with E-state index in [1.54, 1.807) is 7.11 Å². The van der Waals surface area contributed by atoms with Crippen LogP contribution >= 0.6 is 17.0 Å². The normalized spacial score (nSPS) is 18.3. The van der Waals surface area contributed by atoms with Gasteiger partial charge < -0.3 is 14.7 Å². The zero-order valence-corrected chi connectivity index (χ0v) is 24.6. The third-order valence-electron chi connectivity index (χ3n) is 7.09. The highest BCUT2D eigenvalue weighted by molar-refractivity contribution is 8.93. The lowest BCUT2D eigenvalue weighted by Gasteiger charge is -2.28. The summed E-state index contributed by atoms with van der Waals surface area (Å²) in [5, 5.41) is 20.0. The van der Waals surface area contributed by atoms with Crippen molar-refractivity contribution < 1.29 is 14.6 Å². The molecule has 2 atom stereocenters. The van der Waals surface area contributed by atoms with Crippen LogP contribution in [0.25, 0.3) is 0 Å². The maximum absolute atomic E-state index is 13.6. The van der Waals surface area contributed by atoms with Gasteiger partial charge in [-0.2, -0.15) is 0 Å². The molecular weight excluding hydrogens is 516 g/mol. The number of rotatable bonds is 8. The Morgan fingerprint density at radius 3 is 2.11 bits per heavy atom. The van der Waals surface area contributed by atoms with Crippen LogP contribution in [0.4, 0.5) is 0 Å². The molecule has 2 aromatic rings. The molecule has 36 heavy (non-hydrogen) atoms. The second-order valence-electron chi connectivity index (χ2n) is 11.9. The van der Waals surface area contributed by atoms with Gasteiger partial charge in [-0.3, -0.25) is 10.2 Å². The summed E-state index contributed by atoms with van der Waals surface area (Å²) in [5.41, 5.74) is 2.78. The number of carbonyl (C=O) groups excluding carboxylic acids is 1. The van der Waals surface area contributed by atoms with E-state index in [1.165, 1.54) is 5.56 Å². The first kappa shape index (κ1) is 30.0. The lowest BCUT2D eigenvalue weighted by Crippen LogP contribution is -2.33. The number of benzene rings is 2. The quantitative estimate of drug-likeness (QED) is 0.360. The van der Waals surface area contributed by atoms with Gasteiger partial charge in [-0.1, -0.05) is 71.9 Å². The fourth-order valence-corrected chi connectivity index (χ4v) is 5.01. The van der Waals surface area contributed by atoms with Crippen molar-refractivity contribution in [1.29, 1.82) is 5.41 Å². The average molecular weight is 560 g/mol. The first-order chi connectivity index (χ1) is 16.3. The number of aromatic hydroxyl groups is 1. The largest absolute Gasteiger partial charge is 0.507 e. The average Bonchev–Trinajstić information content (AvgIpc) is 3.05. The number of ketones is 1. The number of methoxy groups -OCH3 is 1. The Kier molecular flexibility index (Phi) is 9.94. The summed E-state index contributed by atoms with van der Waals surface area (Å²) in [7, 11) is 1.71. The molecule has 198 valence electrons. The van der Waals surface area contributed by atoms with Crippen LogP contribution in [0.3, 0.4) is 0 Å². The van der Waals surface area contributed by atoms with E-state index in [0.717, 1.165) is 24.0 Å². The lowest BCUT2D eigenvalue weighted by molar-refractivity contribution is 0.0961. The third kappa shape index (κ3) is 6.98. The number of hydrogen-bond acceptors (Lipinski definition) is 4. The van der Waals surface area contributed by atoms with Gasteiger partial charge in [-0.15, -0.1) is 17.0 Å². The molecule has 3 rings (SSSR count). The standard InChI is InChI=1S/C30H42N2O3.BrH/c1-29(2,3)24-16-22(17-25(27(24)34)30(4,5)6)26(33)19-32-18-21(13-14-35-7)23(28(32)31)15-20-11-9-8-10-12-20;/h8-12,16-17,21,23,31,34H,13-15,18-19H2,1-7H3;1H/t21-,23+;/m0./s1. The fraction of sp³-hybridized carbons (Fsp3) is 0.533. The predicted molar refractivity (Wildman–Crippen MR) is 153 cm³/mol. The number of ether oxygens (including phenoxy) is 1. The molecule has 1 saturated heterocycles. The summed E-state index contributed by atoms with van der Waals surface area (Å²) in [5.74, 6) is 1.13. The Morgan fingerprint density at radius 2 is 1.61 bits per heavy atom. The van der Waals surface area contributed by atoms with Crippen molar-refractivity contribution >= 4 is 28.6 Å². The van der Waals surface area contributed by atoms with Gasteiger partial charge in [0.2, 0.25) is 0 Å². The molecular formula is C30H43BrN2O3. The number of carbonyl (C=O) groups is 1. The van der Waals surface area contributed by atoms with Crippen LogP contribution in [0.5, 0.6) is 5.75 Å². The van der Waals surface area contributed by atoms with E-state index in [9.17, 15) is 9.90 Å². The smallest absolute Gasteiger partial charge is 0.182 e. The van der Waals surface area contributed by atoms with Crippen LogP contribution in [0.15, 0.2) is 42.5 Å². The van der Waals surface area contributed by atoms with Crippen molar-refractivity contribution in [3.8, 4) is 5.75 Å². The summed E-state index contributed by atoms with van der Waals surface area (Å²) in [6.07, 6.45) is 1.66. The number of phenolic OH excluding ortho intramolecular Hbond substituents is 1. The maximum atomic E-state index is 13.6. The van der Waals surface area contributed by atoms with E-state index >= 15 is 0 Å². The minimum Gasteiger partial charge on any atom is -0.507 e. The van der Waals surface area contributed by atoms with Gasteiger partial charge >= 0.3 is 0 Å². The minimum absolute atomic E-state index is 0. The second-order valence-corrected chi connectivity index (χ2v) is 11.9. The molecule has 1 fully saturated rings. The van der Waals surface area contributed by atoms with Gasteiger partial charge in [-0.05, 0) is 47.3 Å². The molecule has 2 aromatic carbocycles. The number of nitrogens with zero attached hydrogens (tertiary/aromatic N) is 1. The number of Topliss-reactive ketones (excluding diaryl/α,β-unsaturated/α-hetero) is 1. The molecule has 2 N–H and O–H groups in total. The minimum atomic E-state index is -0.299. The van der Waals surface area contributed by atoms with Crippen LogP contribution in [-0.4, -0.2) is 48.4 Å². The zero-order chi connectivity index (χ0) is 26.0. The Morgan fingerprint density at radius 1 is 1.06 bits per heavy atom. The van der Waals surface area contributed by atoms with Crippen molar-refractivity contribution in [3.05, 3.63) is 64.7 Å². The van der Waals surface area contributed by atoms with Gasteiger partial charge in [0.1, 0.15) is 11.6 Å². The maximum Gasteiger partial charge on any atom is 0.182 e. The Balaban J connectivity index is 0.00000456. The Labute approximate surface area is 227 Å². The van der Waals surface area contributed by atoms with Crippen molar-refractivity contribution in [1.82, 2.24) is 4.90 Å². The van der Waals surface area contributed by atoms with Crippen LogP contribution in [-0.2, 0) is 22.0 Å². The van der Waals surface area contributed by atoms with Crippen molar-refractivity contribution in [3.63, 3.8) is 0 Å². The molecule has 0 saturated carbocycles. The predicted octanol–water partition coefficient (Wildman–Crippen LogP) is 6.55. The number of hydrogen-bond donors (Lipinski definition) is 2. The van der Waals surface area contributed by atoms with E-state index in [2.05, 4.69) is 12.1 Å². The highest BCUT2D eigenvalue weighted by atomic mass is 79.9. The Bertz CT molecular complexity index is 1020. The molecule has 0 spiro atoms. The van der Waals surface area contributed by atoms with Crippen LogP contribution in [0, 0.1) is 17.2 Å². The molecule has 0 amide bonds. The first-order valence-corrected chi connectivity index (χ1v) is 12.6. The van der Waals surface area contributed by atoms with Gasteiger partial charge in [0.25, 0.3) is 0 Å². The first-order valence-electron chi connectivity index (χ1n) is 12.6. The van der Waals surface area contributed by atoms with E-state index in [1.807, 2.05) is 76.8 Å². The molecule has 1 aliphatic rings. The van der Waals surface area contributed by atoms with E-state index in [-0.39, 0.29) is 57.7 Å². The fourth-order valence-electron chi connectivity index (χ4n) is 5.01. The van der Waals surface area contributed by atoms with Gasteiger partial charge in [0.15, 0.2) is 5.78 Å². The van der Waals surface area contributed by atoms with E-state index in [4.69, 9.17) is 10.1 Å². The van der Waals surface area contributed by atoms with Crippen molar-refractivity contribution in [2.75, 3.05) is 26.8 Å². The summed E-state index contributed by atoms with van der Waals surface area (Å²) in [4.78, 5) is 15.5. The van der Waals surface area contributed by atoms with Crippen molar-refractivity contribution in [2.45, 2.75) is 65.2 Å². The molecule has 5 nitrogen and oxygen atoms in total. The number of likely N-dealkylation sites (tertiary alicyclic amines) is 1. The molecule has 6 heteroatoms. The molecule has 0 radical (unpaired) electrons. The number of nitrogens with one attached hydrogen (secondary N) is 1. The van der Waals surface area contributed by atoms with E-state index < -0.39 is 0 Å². The summed E-state index contributed by atoms with van der Waals surface area (Å²) >= 11 is 0. The molecule has 0 aliphatic carbocycles.